The van der Waals surface area contributed by atoms with E-state index in [9.17, 15) is 9.90 Å². The first-order valence-corrected chi connectivity index (χ1v) is 7.91. The van der Waals surface area contributed by atoms with E-state index in [0.717, 1.165) is 10.8 Å². The van der Waals surface area contributed by atoms with Crippen molar-refractivity contribution in [3.63, 3.8) is 0 Å². The Kier molecular flexibility index (Phi) is 7.00. The fourth-order valence-electron chi connectivity index (χ4n) is 2.40. The van der Waals surface area contributed by atoms with Crippen LogP contribution in [0.4, 0.5) is 0 Å². The number of Topliss-reactive ketones (excluding diaryl/α,β-unsaturated/α-hetero) is 1. The van der Waals surface area contributed by atoms with E-state index >= 15 is 0 Å². The van der Waals surface area contributed by atoms with Crippen LogP contribution in [0.25, 0.3) is 10.8 Å². The monoisotopic (exact) mass is 380 g/mol. The molecule has 4 aromatic rings. The van der Waals surface area contributed by atoms with E-state index in [-0.39, 0.29) is 28.6 Å². The Labute approximate surface area is 163 Å². The SMILES string of the molecule is O=C(C#Cc1ccc2ccccc2c1O)[c-]1cccc1.[Fe].[cH-]1[cH-][cH-][cH-][cH-]1. The Balaban J connectivity index is 0.000000351. The maximum absolute atomic E-state index is 11.8. The van der Waals surface area contributed by atoms with E-state index in [1.807, 2.05) is 60.7 Å². The third kappa shape index (κ3) is 4.74. The zero-order chi connectivity index (χ0) is 17.5. The van der Waals surface area contributed by atoms with Crippen LogP contribution >= 0.6 is 0 Å². The van der Waals surface area contributed by atoms with Gasteiger partial charge in [-0.05, 0) is 11.5 Å². The molecule has 0 aliphatic carbocycles. The summed E-state index contributed by atoms with van der Waals surface area (Å²) in [6.45, 7) is 0. The van der Waals surface area contributed by atoms with Gasteiger partial charge in [-0.25, -0.2) is 0 Å². The molecular weight excluding hydrogens is 364 g/mol. The van der Waals surface area contributed by atoms with Crippen LogP contribution in [0.15, 0.2) is 91.0 Å². The zero-order valence-electron chi connectivity index (χ0n) is 13.9. The van der Waals surface area contributed by atoms with Crippen molar-refractivity contribution in [3.05, 3.63) is 102 Å². The first kappa shape index (κ1) is 19.3. The molecule has 1 N–H and O–H groups in total. The number of fused-ring (bicyclic) bond motifs is 1. The second-order valence-corrected chi connectivity index (χ2v) is 5.40. The molecule has 0 aliphatic heterocycles. The molecule has 0 spiro atoms. The minimum absolute atomic E-state index is 0. The minimum atomic E-state index is -0.248. The molecule has 0 amide bonds. The van der Waals surface area contributed by atoms with Crippen LogP contribution in [0.1, 0.15) is 15.9 Å². The smallest absolute Gasteiger partial charge is 0.146 e. The fourth-order valence-corrected chi connectivity index (χ4v) is 2.40. The second-order valence-electron chi connectivity index (χ2n) is 5.40. The van der Waals surface area contributed by atoms with Crippen LogP contribution in [-0.4, -0.2) is 10.9 Å². The Morgan fingerprint density at radius 2 is 1.50 bits per heavy atom. The van der Waals surface area contributed by atoms with Gasteiger partial charge >= 0.3 is 0 Å². The van der Waals surface area contributed by atoms with Crippen LogP contribution in [-0.2, 0) is 17.1 Å². The van der Waals surface area contributed by atoms with Crippen LogP contribution in [0.3, 0.4) is 0 Å². The van der Waals surface area contributed by atoms with Crippen molar-refractivity contribution in [2.45, 2.75) is 0 Å². The van der Waals surface area contributed by atoms with E-state index in [4.69, 9.17) is 0 Å². The number of benzene rings is 2. The largest absolute Gasteiger partial charge is 0.748 e. The summed E-state index contributed by atoms with van der Waals surface area (Å²) >= 11 is 0. The number of aromatic hydroxyl groups is 1. The molecule has 0 unspecified atom stereocenters. The molecule has 26 heavy (non-hydrogen) atoms. The number of carbonyl (C=O) groups is 1. The van der Waals surface area contributed by atoms with Crippen molar-refractivity contribution >= 4 is 16.6 Å². The molecule has 0 aromatic heterocycles. The number of hydrogen-bond acceptors (Lipinski definition) is 2. The fraction of sp³-hybridized carbons (Fsp3) is 0. The van der Waals surface area contributed by atoms with Gasteiger partial charge < -0.3 is 40.2 Å². The van der Waals surface area contributed by atoms with E-state index in [0.29, 0.717) is 11.1 Å². The molecule has 0 radical (unpaired) electrons. The summed E-state index contributed by atoms with van der Waals surface area (Å²) in [5, 5.41) is 11.9. The summed E-state index contributed by atoms with van der Waals surface area (Å²) in [4.78, 5) is 11.8. The molecule has 0 aliphatic rings. The van der Waals surface area contributed by atoms with Crippen molar-refractivity contribution < 1.29 is 27.0 Å². The standard InChI is InChI=1S/C18H11O2.C5H5.Fe/c19-17(14-6-1-2-7-14)12-11-15-10-9-13-5-3-4-8-16(13)18(15)20;1-2-4-5-3-1;/h1-10,20H;1-5H;/q-1;-5;. The van der Waals surface area contributed by atoms with Gasteiger partial charge in [-0.2, -0.15) is 12.1 Å². The van der Waals surface area contributed by atoms with Gasteiger partial charge in [-0.15, -0.1) is 24.0 Å². The number of ketones is 1. The summed E-state index contributed by atoms with van der Waals surface area (Å²) in [6, 6.07) is 28.1. The molecule has 0 bridgehead atoms. The molecule has 0 atom stereocenters. The van der Waals surface area contributed by atoms with E-state index in [2.05, 4.69) is 11.8 Å². The molecule has 134 valence electrons. The minimum Gasteiger partial charge on any atom is -0.748 e. The van der Waals surface area contributed by atoms with E-state index < -0.39 is 0 Å². The third-order valence-corrected chi connectivity index (χ3v) is 3.69. The van der Waals surface area contributed by atoms with Gasteiger partial charge in [0, 0.05) is 22.5 Å². The van der Waals surface area contributed by atoms with Gasteiger partial charge in [0.1, 0.15) is 11.5 Å². The van der Waals surface area contributed by atoms with Crippen molar-refractivity contribution in [2.24, 2.45) is 0 Å². The molecule has 2 nitrogen and oxygen atoms in total. The van der Waals surface area contributed by atoms with Gasteiger partial charge in [-0.1, -0.05) is 35.9 Å². The molecule has 0 saturated carbocycles. The van der Waals surface area contributed by atoms with Gasteiger partial charge in [0.05, 0.1) is 5.56 Å². The topological polar surface area (TPSA) is 37.3 Å². The predicted octanol–water partition coefficient (Wildman–Crippen LogP) is 4.90. The third-order valence-electron chi connectivity index (χ3n) is 3.69. The molecule has 4 aromatic carbocycles. The van der Waals surface area contributed by atoms with Crippen LogP contribution < -0.4 is 0 Å². The van der Waals surface area contributed by atoms with Crippen molar-refractivity contribution in [1.82, 2.24) is 0 Å². The van der Waals surface area contributed by atoms with Gasteiger partial charge in [0.25, 0.3) is 0 Å². The predicted molar refractivity (Wildman–Crippen MR) is 101 cm³/mol. The van der Waals surface area contributed by atoms with Crippen molar-refractivity contribution in [3.8, 4) is 17.6 Å². The molecular formula is C23H16FeO2-6. The summed E-state index contributed by atoms with van der Waals surface area (Å²) in [5.41, 5.74) is 1.03. The molecule has 0 heterocycles. The number of hydrogen-bond donors (Lipinski definition) is 1. The normalized spacial score (nSPS) is 9.23. The molecule has 4 rings (SSSR count). The second kappa shape index (κ2) is 9.44. The van der Waals surface area contributed by atoms with Gasteiger partial charge in [0.2, 0.25) is 0 Å². The quantitative estimate of drug-likeness (QED) is 0.221. The Bertz CT molecular complexity index is 1000. The van der Waals surface area contributed by atoms with Crippen LogP contribution in [0.5, 0.6) is 5.75 Å². The van der Waals surface area contributed by atoms with Gasteiger partial charge in [0.15, 0.2) is 0 Å². The zero-order valence-corrected chi connectivity index (χ0v) is 15.0. The average molecular weight is 380 g/mol. The van der Waals surface area contributed by atoms with E-state index in [1.54, 1.807) is 30.3 Å². The Hall–Kier alpha value is -3.05. The summed E-state index contributed by atoms with van der Waals surface area (Å²) in [7, 11) is 0. The van der Waals surface area contributed by atoms with Crippen molar-refractivity contribution in [1.29, 1.82) is 0 Å². The number of rotatable bonds is 1. The number of phenolic OH excluding ortho intramolecular Hbond substituents is 1. The van der Waals surface area contributed by atoms with Crippen molar-refractivity contribution in [2.75, 3.05) is 0 Å². The van der Waals surface area contributed by atoms with Gasteiger partial charge in [-0.3, -0.25) is 0 Å². The maximum atomic E-state index is 11.8. The Morgan fingerprint density at radius 1 is 0.885 bits per heavy atom. The number of carbonyl (C=O) groups excluding carboxylic acids is 1. The maximum Gasteiger partial charge on any atom is 0.146 e. The molecule has 3 heteroatoms. The summed E-state index contributed by atoms with van der Waals surface area (Å²) in [6.07, 6.45) is 0. The molecule has 0 fully saturated rings. The van der Waals surface area contributed by atoms with Crippen LogP contribution in [0, 0.1) is 11.8 Å². The Morgan fingerprint density at radius 3 is 2.15 bits per heavy atom. The number of phenols is 1. The summed E-state index contributed by atoms with van der Waals surface area (Å²) < 4.78 is 0. The first-order chi connectivity index (χ1) is 12.3. The first-order valence-electron chi connectivity index (χ1n) is 7.91. The van der Waals surface area contributed by atoms with E-state index in [1.165, 1.54) is 0 Å². The molecule has 0 saturated heterocycles. The van der Waals surface area contributed by atoms with Crippen LogP contribution in [0.2, 0.25) is 0 Å². The summed E-state index contributed by atoms with van der Waals surface area (Å²) in [5.74, 6) is 5.17. The average Bonchev–Trinajstić information content (AvgIpc) is 3.37.